The third-order valence-corrected chi connectivity index (χ3v) is 2.89. The Labute approximate surface area is 104 Å². The average molecular weight is 247 g/mol. The van der Waals surface area contributed by atoms with Crippen LogP contribution in [0.5, 0.6) is 0 Å². The number of imide groups is 1. The Morgan fingerprint density at radius 3 is 2.72 bits per heavy atom. The maximum absolute atomic E-state index is 11.8. The van der Waals surface area contributed by atoms with Gasteiger partial charge in [0.15, 0.2) is 0 Å². The van der Waals surface area contributed by atoms with Crippen LogP contribution in [-0.4, -0.2) is 24.9 Å². The number of rotatable bonds is 2. The number of methoxy groups -OCH3 is 1. The van der Waals surface area contributed by atoms with Crippen molar-refractivity contribution >= 4 is 23.5 Å². The number of esters is 1. The molecule has 1 aliphatic heterocycles. The van der Waals surface area contributed by atoms with Gasteiger partial charge in [-0.1, -0.05) is 13.0 Å². The molecule has 1 aromatic rings. The minimum absolute atomic E-state index is 0.197. The summed E-state index contributed by atoms with van der Waals surface area (Å²) >= 11 is 0. The molecule has 18 heavy (non-hydrogen) atoms. The van der Waals surface area contributed by atoms with Crippen molar-refractivity contribution in [3.63, 3.8) is 0 Å². The molecule has 0 N–H and O–H groups in total. The molecule has 1 aliphatic rings. The summed E-state index contributed by atoms with van der Waals surface area (Å²) in [6.45, 7) is 1.69. The fourth-order valence-corrected chi connectivity index (χ4v) is 1.97. The van der Waals surface area contributed by atoms with Crippen LogP contribution >= 0.6 is 0 Å². The van der Waals surface area contributed by atoms with Gasteiger partial charge in [-0.2, -0.15) is 0 Å². The average Bonchev–Trinajstić information content (AvgIpc) is 2.71. The first-order valence-electron chi connectivity index (χ1n) is 5.65. The zero-order valence-electron chi connectivity index (χ0n) is 10.2. The summed E-state index contributed by atoms with van der Waals surface area (Å²) in [5.74, 6) is -0.999. The number of carbonyl (C=O) groups excluding carboxylic acids is 3. The molecule has 0 radical (unpaired) electrons. The van der Waals surface area contributed by atoms with E-state index in [9.17, 15) is 14.4 Å². The van der Waals surface area contributed by atoms with Crippen LogP contribution in [0.25, 0.3) is 0 Å². The predicted molar refractivity (Wildman–Crippen MR) is 64.3 cm³/mol. The fourth-order valence-electron chi connectivity index (χ4n) is 1.97. The molecule has 0 fully saturated rings. The molecule has 1 aromatic carbocycles. The monoisotopic (exact) mass is 247 g/mol. The molecular formula is C13H13NO4. The summed E-state index contributed by atoms with van der Waals surface area (Å²) in [4.78, 5) is 36.1. The number of benzene rings is 1. The quantitative estimate of drug-likeness (QED) is 0.739. The Hall–Kier alpha value is -2.17. The van der Waals surface area contributed by atoms with Crippen LogP contribution in [0.15, 0.2) is 18.2 Å². The summed E-state index contributed by atoms with van der Waals surface area (Å²) in [5, 5.41) is 0. The van der Waals surface area contributed by atoms with E-state index in [4.69, 9.17) is 0 Å². The van der Waals surface area contributed by atoms with Crippen LogP contribution in [0, 0.1) is 0 Å². The third kappa shape index (κ3) is 1.88. The number of hydrogen-bond donors (Lipinski definition) is 0. The van der Waals surface area contributed by atoms with Gasteiger partial charge in [-0.3, -0.25) is 9.59 Å². The number of ether oxygens (including phenoxy) is 1. The first-order valence-corrected chi connectivity index (χ1v) is 5.65. The van der Waals surface area contributed by atoms with E-state index < -0.39 is 5.97 Å². The predicted octanol–water partition coefficient (Wildman–Crippen LogP) is 1.30. The van der Waals surface area contributed by atoms with Crippen LogP contribution in [0.3, 0.4) is 0 Å². The molecule has 0 aromatic heterocycles. The number of amides is 2. The van der Waals surface area contributed by atoms with Crippen LogP contribution in [-0.2, 0) is 20.7 Å². The first-order chi connectivity index (χ1) is 8.58. The zero-order valence-corrected chi connectivity index (χ0v) is 10.2. The van der Waals surface area contributed by atoms with E-state index >= 15 is 0 Å². The second kappa shape index (κ2) is 4.60. The minimum atomic E-state index is -0.485. The molecule has 0 atom stereocenters. The molecule has 0 saturated heterocycles. The Bertz CT molecular complexity index is 528. The van der Waals surface area contributed by atoms with Crippen LogP contribution < -0.4 is 4.90 Å². The van der Waals surface area contributed by atoms with Crippen LogP contribution in [0.4, 0.5) is 5.69 Å². The van der Waals surface area contributed by atoms with E-state index in [-0.39, 0.29) is 24.7 Å². The lowest BCUT2D eigenvalue weighted by molar-refractivity contribution is -0.125. The van der Waals surface area contributed by atoms with Crippen molar-refractivity contribution in [2.24, 2.45) is 0 Å². The topological polar surface area (TPSA) is 63.7 Å². The maximum atomic E-state index is 11.8. The van der Waals surface area contributed by atoms with Crippen molar-refractivity contribution in [1.29, 1.82) is 0 Å². The van der Waals surface area contributed by atoms with Crippen molar-refractivity contribution in [3.8, 4) is 0 Å². The summed E-state index contributed by atoms with van der Waals surface area (Å²) in [6, 6.07) is 4.81. The number of carbonyl (C=O) groups is 3. The SMILES string of the molecule is CCC(=O)N1C(=O)Cc2ccc(C(=O)OC)cc21. The molecule has 0 unspecified atom stereocenters. The van der Waals surface area contributed by atoms with Gasteiger partial charge in [0.05, 0.1) is 24.8 Å². The number of anilines is 1. The smallest absolute Gasteiger partial charge is 0.337 e. The van der Waals surface area contributed by atoms with Gasteiger partial charge in [0.1, 0.15) is 0 Å². The highest BCUT2D eigenvalue weighted by atomic mass is 16.5. The van der Waals surface area contributed by atoms with Gasteiger partial charge >= 0.3 is 5.97 Å². The number of hydrogen-bond acceptors (Lipinski definition) is 4. The summed E-state index contributed by atoms with van der Waals surface area (Å²) in [6.07, 6.45) is 0.441. The molecular weight excluding hydrogens is 234 g/mol. The largest absolute Gasteiger partial charge is 0.465 e. The number of fused-ring (bicyclic) bond motifs is 1. The zero-order chi connectivity index (χ0) is 13.3. The molecule has 1 heterocycles. The highest BCUT2D eigenvalue weighted by molar-refractivity contribution is 6.19. The standard InChI is InChI=1S/C13H13NO4/c1-3-11(15)14-10-6-9(13(17)18-2)5-4-8(10)7-12(14)16/h4-6H,3,7H2,1-2H3. The molecule has 5 nitrogen and oxygen atoms in total. The minimum Gasteiger partial charge on any atom is -0.465 e. The summed E-state index contributed by atoms with van der Waals surface area (Å²) in [5.41, 5.74) is 1.59. The lowest BCUT2D eigenvalue weighted by Gasteiger charge is -2.14. The first kappa shape index (κ1) is 12.3. The van der Waals surface area contributed by atoms with Crippen LogP contribution in [0.1, 0.15) is 29.3 Å². The van der Waals surface area contributed by atoms with Gasteiger partial charge in [-0.25, -0.2) is 9.69 Å². The Balaban J connectivity index is 2.46. The molecule has 0 bridgehead atoms. The second-order valence-corrected chi connectivity index (χ2v) is 3.99. The Morgan fingerprint density at radius 1 is 1.39 bits per heavy atom. The van der Waals surface area contributed by atoms with E-state index in [0.29, 0.717) is 11.3 Å². The lowest BCUT2D eigenvalue weighted by atomic mass is 10.1. The van der Waals surface area contributed by atoms with E-state index in [1.165, 1.54) is 13.2 Å². The van der Waals surface area contributed by atoms with Crippen LogP contribution in [0.2, 0.25) is 0 Å². The van der Waals surface area contributed by atoms with Crippen molar-refractivity contribution in [2.75, 3.05) is 12.0 Å². The van der Waals surface area contributed by atoms with Gasteiger partial charge in [0.2, 0.25) is 11.8 Å². The highest BCUT2D eigenvalue weighted by Crippen LogP contribution is 2.30. The van der Waals surface area contributed by atoms with Crippen molar-refractivity contribution < 1.29 is 19.1 Å². The third-order valence-electron chi connectivity index (χ3n) is 2.89. The van der Waals surface area contributed by atoms with Gasteiger partial charge in [0.25, 0.3) is 0 Å². The molecule has 5 heteroatoms. The summed E-state index contributed by atoms with van der Waals surface area (Å²) in [7, 11) is 1.29. The van der Waals surface area contributed by atoms with E-state index in [1.54, 1.807) is 19.1 Å². The summed E-state index contributed by atoms with van der Waals surface area (Å²) < 4.78 is 4.62. The molecule has 2 rings (SSSR count). The fraction of sp³-hybridized carbons (Fsp3) is 0.308. The van der Waals surface area contributed by atoms with Gasteiger partial charge in [-0.05, 0) is 17.7 Å². The molecule has 0 saturated carbocycles. The lowest BCUT2D eigenvalue weighted by Crippen LogP contribution is -2.33. The second-order valence-electron chi connectivity index (χ2n) is 3.99. The molecule has 0 aliphatic carbocycles. The van der Waals surface area contributed by atoms with E-state index in [0.717, 1.165) is 10.5 Å². The van der Waals surface area contributed by atoms with Gasteiger partial charge < -0.3 is 4.74 Å². The number of nitrogens with zero attached hydrogens (tertiary/aromatic N) is 1. The highest BCUT2D eigenvalue weighted by Gasteiger charge is 2.32. The maximum Gasteiger partial charge on any atom is 0.337 e. The Morgan fingerprint density at radius 2 is 2.11 bits per heavy atom. The van der Waals surface area contributed by atoms with Crippen molar-refractivity contribution in [3.05, 3.63) is 29.3 Å². The van der Waals surface area contributed by atoms with Gasteiger partial charge in [-0.15, -0.1) is 0 Å². The van der Waals surface area contributed by atoms with Crippen molar-refractivity contribution in [2.45, 2.75) is 19.8 Å². The van der Waals surface area contributed by atoms with E-state index in [1.807, 2.05) is 0 Å². The van der Waals surface area contributed by atoms with E-state index in [2.05, 4.69) is 4.74 Å². The normalized spacial score (nSPS) is 13.4. The molecule has 94 valence electrons. The van der Waals surface area contributed by atoms with Crippen molar-refractivity contribution in [1.82, 2.24) is 0 Å². The molecule has 0 spiro atoms. The van der Waals surface area contributed by atoms with Gasteiger partial charge in [0, 0.05) is 6.42 Å². The Kier molecular flexibility index (Phi) is 3.14. The molecule has 2 amide bonds.